The molecule has 3 aromatic rings. The van der Waals surface area contributed by atoms with Crippen LogP contribution in [-0.2, 0) is 0 Å². The van der Waals surface area contributed by atoms with Gasteiger partial charge in [0.15, 0.2) is 0 Å². The van der Waals surface area contributed by atoms with Gasteiger partial charge in [0.1, 0.15) is 5.65 Å². The van der Waals surface area contributed by atoms with E-state index in [4.69, 9.17) is 0 Å². The minimum Gasteiger partial charge on any atom is -0.329 e. The van der Waals surface area contributed by atoms with Gasteiger partial charge in [-0.1, -0.05) is 12.1 Å². The molecule has 0 spiro atoms. The summed E-state index contributed by atoms with van der Waals surface area (Å²) in [6, 6.07) is 10.4. The molecule has 1 aliphatic rings. The summed E-state index contributed by atoms with van der Waals surface area (Å²) in [7, 11) is 0. The summed E-state index contributed by atoms with van der Waals surface area (Å²) in [5.74, 6) is 0.522. The Bertz CT molecular complexity index is 877. The van der Waals surface area contributed by atoms with Crippen LogP contribution in [0, 0.1) is 0 Å². The first-order chi connectivity index (χ1) is 11.7. The Morgan fingerprint density at radius 2 is 2.21 bits per heavy atom. The fraction of sp³-hybridized carbons (Fsp3) is 0.368. The van der Waals surface area contributed by atoms with Crippen molar-refractivity contribution in [3.8, 4) is 0 Å². The molecule has 0 amide bonds. The Hall–Kier alpha value is -2.40. The normalized spacial score (nSPS) is 22.0. The number of aromatic nitrogens is 3. The molecule has 5 heteroatoms. The average Bonchev–Trinajstić information content (AvgIpc) is 3.22. The van der Waals surface area contributed by atoms with Crippen LogP contribution in [0.4, 0.5) is 0 Å². The molecule has 1 saturated carbocycles. The number of fused-ring (bicyclic) bond motifs is 1. The van der Waals surface area contributed by atoms with Crippen molar-refractivity contribution in [2.75, 3.05) is 0 Å². The van der Waals surface area contributed by atoms with E-state index in [9.17, 15) is 4.79 Å². The van der Waals surface area contributed by atoms with E-state index in [1.807, 2.05) is 36.7 Å². The lowest BCUT2D eigenvalue weighted by atomic mass is 9.99. The van der Waals surface area contributed by atoms with Crippen LogP contribution in [0.5, 0.6) is 0 Å². The fourth-order valence-corrected chi connectivity index (χ4v) is 3.82. The summed E-state index contributed by atoms with van der Waals surface area (Å²) in [5.41, 5.74) is 3.38. The van der Waals surface area contributed by atoms with E-state index < -0.39 is 0 Å². The van der Waals surface area contributed by atoms with Crippen LogP contribution in [0.15, 0.2) is 53.7 Å². The molecule has 0 radical (unpaired) electrons. The predicted molar refractivity (Wildman–Crippen MR) is 94.2 cm³/mol. The molecule has 2 N–H and O–H groups in total. The van der Waals surface area contributed by atoms with Crippen LogP contribution in [0.25, 0.3) is 5.65 Å². The maximum Gasteiger partial charge on any atom is 0.247 e. The molecule has 0 aliphatic heterocycles. The van der Waals surface area contributed by atoms with Gasteiger partial charge in [-0.3, -0.25) is 4.79 Å². The minimum atomic E-state index is -0.0346. The molecule has 4 rings (SSSR count). The van der Waals surface area contributed by atoms with Gasteiger partial charge in [0.25, 0.3) is 0 Å². The average molecular weight is 322 g/mol. The summed E-state index contributed by atoms with van der Waals surface area (Å²) in [6.07, 6.45) is 9.31. The van der Waals surface area contributed by atoms with Gasteiger partial charge in [-0.25, -0.2) is 4.98 Å². The van der Waals surface area contributed by atoms with Crippen LogP contribution in [-0.4, -0.2) is 20.4 Å². The molecule has 0 aromatic carbocycles. The molecule has 3 atom stereocenters. The summed E-state index contributed by atoms with van der Waals surface area (Å²) < 4.78 is 2.14. The van der Waals surface area contributed by atoms with Gasteiger partial charge in [-0.2, -0.15) is 0 Å². The molecule has 1 aliphatic carbocycles. The van der Waals surface area contributed by atoms with Gasteiger partial charge in [0.2, 0.25) is 5.56 Å². The van der Waals surface area contributed by atoms with E-state index in [1.54, 1.807) is 6.07 Å². The summed E-state index contributed by atoms with van der Waals surface area (Å²) in [5, 5.41) is 3.75. The van der Waals surface area contributed by atoms with Gasteiger partial charge >= 0.3 is 0 Å². The molecule has 124 valence electrons. The van der Waals surface area contributed by atoms with Crippen LogP contribution < -0.4 is 10.9 Å². The summed E-state index contributed by atoms with van der Waals surface area (Å²) in [4.78, 5) is 18.5. The largest absolute Gasteiger partial charge is 0.329 e. The molecule has 3 heterocycles. The van der Waals surface area contributed by atoms with Crippen LogP contribution in [0.3, 0.4) is 0 Å². The Balaban J connectivity index is 1.44. The number of H-pyrrole nitrogens is 1. The molecular weight excluding hydrogens is 300 g/mol. The van der Waals surface area contributed by atoms with E-state index in [-0.39, 0.29) is 11.6 Å². The van der Waals surface area contributed by atoms with Crippen molar-refractivity contribution in [2.45, 2.75) is 44.2 Å². The molecule has 0 bridgehead atoms. The Morgan fingerprint density at radius 3 is 3.04 bits per heavy atom. The number of hydrogen-bond donors (Lipinski definition) is 2. The highest BCUT2D eigenvalue weighted by Crippen LogP contribution is 2.34. The molecule has 5 nitrogen and oxygen atoms in total. The third-order valence-corrected chi connectivity index (χ3v) is 5.09. The zero-order chi connectivity index (χ0) is 16.5. The van der Waals surface area contributed by atoms with E-state index >= 15 is 0 Å². The number of nitrogens with one attached hydrogen (secondary N) is 2. The third-order valence-electron chi connectivity index (χ3n) is 5.09. The molecular formula is C19H22N4O. The molecule has 0 saturated heterocycles. The first-order valence-corrected chi connectivity index (χ1v) is 8.57. The van der Waals surface area contributed by atoms with Crippen molar-refractivity contribution in [3.63, 3.8) is 0 Å². The Labute approximate surface area is 140 Å². The maximum absolute atomic E-state index is 11.2. The van der Waals surface area contributed by atoms with Gasteiger partial charge in [-0.15, -0.1) is 0 Å². The highest BCUT2D eigenvalue weighted by Gasteiger charge is 2.27. The van der Waals surface area contributed by atoms with Crippen molar-refractivity contribution in [1.29, 1.82) is 0 Å². The zero-order valence-corrected chi connectivity index (χ0v) is 13.8. The molecule has 3 aromatic heterocycles. The van der Waals surface area contributed by atoms with E-state index in [2.05, 4.69) is 32.8 Å². The second-order valence-electron chi connectivity index (χ2n) is 6.69. The monoisotopic (exact) mass is 322 g/mol. The van der Waals surface area contributed by atoms with Crippen molar-refractivity contribution >= 4 is 5.65 Å². The standard InChI is InChI=1S/C19H22N4O/c1-13(17-12-20-18-4-2-3-9-23(17)18)22-16-7-5-14(10-16)15-6-8-19(24)21-11-15/h2-4,6,8-9,11-14,16,22H,5,7,10H2,1H3,(H,21,24)/t13-,14?,16+/m1/s1. The second kappa shape index (κ2) is 6.24. The highest BCUT2D eigenvalue weighted by molar-refractivity contribution is 5.40. The minimum absolute atomic E-state index is 0.0346. The SMILES string of the molecule is C[C@@H](N[C@H]1CCC(c2ccc(=O)[nH]c2)C1)c1cnc2ccccn12. The summed E-state index contributed by atoms with van der Waals surface area (Å²) >= 11 is 0. The molecule has 1 fully saturated rings. The number of nitrogens with zero attached hydrogens (tertiary/aromatic N) is 2. The predicted octanol–water partition coefficient (Wildman–Crippen LogP) is 3.01. The lowest BCUT2D eigenvalue weighted by Crippen LogP contribution is -2.30. The lowest BCUT2D eigenvalue weighted by molar-refractivity contribution is 0.449. The Kier molecular flexibility index (Phi) is 3.94. The number of imidazole rings is 1. The van der Waals surface area contributed by atoms with E-state index in [0.29, 0.717) is 12.0 Å². The van der Waals surface area contributed by atoms with E-state index in [0.717, 1.165) is 24.9 Å². The number of pyridine rings is 2. The molecule has 24 heavy (non-hydrogen) atoms. The van der Waals surface area contributed by atoms with Gasteiger partial charge in [0, 0.05) is 30.5 Å². The first-order valence-electron chi connectivity index (χ1n) is 8.57. The van der Waals surface area contributed by atoms with Crippen molar-refractivity contribution < 1.29 is 0 Å². The smallest absolute Gasteiger partial charge is 0.247 e. The van der Waals surface area contributed by atoms with Crippen LogP contribution in [0.1, 0.15) is 49.4 Å². The number of hydrogen-bond acceptors (Lipinski definition) is 3. The first kappa shape index (κ1) is 15.1. The topological polar surface area (TPSA) is 62.2 Å². The van der Waals surface area contributed by atoms with Crippen molar-refractivity contribution in [1.82, 2.24) is 19.7 Å². The zero-order valence-electron chi connectivity index (χ0n) is 13.8. The molecule has 1 unspecified atom stereocenters. The highest BCUT2D eigenvalue weighted by atomic mass is 16.1. The fourth-order valence-electron chi connectivity index (χ4n) is 3.82. The quantitative estimate of drug-likeness (QED) is 0.776. The van der Waals surface area contributed by atoms with E-state index in [1.165, 1.54) is 11.3 Å². The third kappa shape index (κ3) is 2.87. The Morgan fingerprint density at radius 1 is 1.29 bits per heavy atom. The lowest BCUT2D eigenvalue weighted by Gasteiger charge is -2.19. The van der Waals surface area contributed by atoms with Gasteiger partial charge in [-0.05, 0) is 49.8 Å². The maximum atomic E-state index is 11.2. The van der Waals surface area contributed by atoms with Gasteiger partial charge < -0.3 is 14.7 Å². The van der Waals surface area contributed by atoms with Crippen LogP contribution >= 0.6 is 0 Å². The number of rotatable bonds is 4. The van der Waals surface area contributed by atoms with Gasteiger partial charge in [0.05, 0.1) is 11.9 Å². The van der Waals surface area contributed by atoms with Crippen LogP contribution in [0.2, 0.25) is 0 Å². The summed E-state index contributed by atoms with van der Waals surface area (Å²) in [6.45, 7) is 2.20. The number of aromatic amines is 1. The second-order valence-corrected chi connectivity index (χ2v) is 6.69. The van der Waals surface area contributed by atoms with Crippen molar-refractivity contribution in [3.05, 3.63) is 70.5 Å². The van der Waals surface area contributed by atoms with Crippen molar-refractivity contribution in [2.24, 2.45) is 0 Å².